The molecular formula is C10H14ClO6PS. The highest BCUT2D eigenvalue weighted by atomic mass is 35.5. The monoisotopic (exact) mass is 328 g/mol. The second-order valence-corrected chi connectivity index (χ2v) is 7.73. The van der Waals surface area contributed by atoms with E-state index < -0.39 is 24.1 Å². The number of benzene rings is 1. The molecule has 0 heterocycles. The Hall–Kier alpha value is -0.430. The molecule has 0 bridgehead atoms. The predicted octanol–water partition coefficient (Wildman–Crippen LogP) is 2.30. The zero-order valence-corrected chi connectivity index (χ0v) is 12.7. The van der Waals surface area contributed by atoms with Crippen LogP contribution in [0, 0.1) is 0 Å². The summed E-state index contributed by atoms with van der Waals surface area (Å²) in [6, 6.07) is 4.55. The van der Waals surface area contributed by atoms with Crippen molar-refractivity contribution in [2.24, 2.45) is 0 Å². The topological polar surface area (TPSA) is 101 Å². The summed E-state index contributed by atoms with van der Waals surface area (Å²) in [4.78, 5) is 17.1. The van der Waals surface area contributed by atoms with Crippen LogP contribution in [0.2, 0.25) is 5.02 Å². The first kappa shape index (κ1) is 16.6. The summed E-state index contributed by atoms with van der Waals surface area (Å²) in [5.74, 6) is -0.137. The van der Waals surface area contributed by atoms with Gasteiger partial charge in [-0.1, -0.05) is 37.6 Å². The number of hydrogen-bond donors (Lipinski definition) is 2. The molecule has 0 saturated heterocycles. The summed E-state index contributed by atoms with van der Waals surface area (Å²) in [7, 11) is -8.91. The fourth-order valence-electron chi connectivity index (χ4n) is 1.44. The lowest BCUT2D eigenvalue weighted by Crippen LogP contribution is -2.11. The van der Waals surface area contributed by atoms with Gasteiger partial charge in [-0.2, -0.15) is 8.42 Å². The molecule has 2 N–H and O–H groups in total. The standard InChI is InChI=1S/C10H14ClO6PS/c1-7(2)8-4-3-5-9(11)10(8)19(15,16)17-6-18(12,13)14/h3-5,7H,6H2,1-2H3,(H2,12,13,14). The maximum Gasteiger partial charge on any atom is 0.352 e. The van der Waals surface area contributed by atoms with Gasteiger partial charge in [-0.3, -0.25) is 8.75 Å². The lowest BCUT2D eigenvalue weighted by molar-refractivity contribution is 0.301. The van der Waals surface area contributed by atoms with Crippen LogP contribution in [-0.4, -0.2) is 24.6 Å². The van der Waals surface area contributed by atoms with E-state index in [1.165, 1.54) is 6.07 Å². The van der Waals surface area contributed by atoms with Crippen molar-refractivity contribution in [3.8, 4) is 0 Å². The molecule has 9 heteroatoms. The second-order valence-electron chi connectivity index (χ2n) is 4.18. The van der Waals surface area contributed by atoms with E-state index in [9.17, 15) is 13.0 Å². The van der Waals surface area contributed by atoms with Crippen molar-refractivity contribution in [3.63, 3.8) is 0 Å². The van der Waals surface area contributed by atoms with Gasteiger partial charge in [0.15, 0.2) is 6.35 Å². The minimum Gasteiger partial charge on any atom is -0.323 e. The zero-order chi connectivity index (χ0) is 14.8. The van der Waals surface area contributed by atoms with E-state index in [-0.39, 0.29) is 15.8 Å². The summed E-state index contributed by atoms with van der Waals surface area (Å²) in [5, 5.41) is -0.0445. The lowest BCUT2D eigenvalue weighted by Gasteiger charge is -2.14. The Bertz CT molecular complexity index is 606. The van der Waals surface area contributed by atoms with Crippen LogP contribution in [-0.2, 0) is 18.9 Å². The van der Waals surface area contributed by atoms with Gasteiger partial charge in [0.1, 0.15) is 4.90 Å². The first-order valence-corrected chi connectivity index (χ1v) is 8.85. The van der Waals surface area contributed by atoms with Crippen LogP contribution in [0.1, 0.15) is 25.3 Å². The Labute approximate surface area is 116 Å². The molecule has 6 nitrogen and oxygen atoms in total. The summed E-state index contributed by atoms with van der Waals surface area (Å²) in [6.45, 7) is 3.54. The van der Waals surface area contributed by atoms with Crippen LogP contribution in [0.3, 0.4) is 0 Å². The quantitative estimate of drug-likeness (QED) is 0.635. The molecule has 1 rings (SSSR count). The smallest absolute Gasteiger partial charge is 0.323 e. The molecule has 0 radical (unpaired) electrons. The van der Waals surface area contributed by atoms with Crippen LogP contribution in [0.4, 0.5) is 0 Å². The van der Waals surface area contributed by atoms with Crippen LogP contribution < -0.4 is 0 Å². The fourth-order valence-corrected chi connectivity index (χ4v) is 4.03. The summed E-state index contributed by atoms with van der Waals surface area (Å²) in [5.41, 5.74) is 0.429. The molecule has 19 heavy (non-hydrogen) atoms. The van der Waals surface area contributed by atoms with Crippen molar-refractivity contribution in [1.29, 1.82) is 0 Å². The van der Waals surface area contributed by atoms with Crippen molar-refractivity contribution in [3.05, 3.63) is 28.8 Å². The highest BCUT2D eigenvalue weighted by Gasteiger charge is 2.27. The summed E-state index contributed by atoms with van der Waals surface area (Å²) < 4.78 is 39.0. The number of rotatable bonds is 5. The van der Waals surface area contributed by atoms with Crippen molar-refractivity contribution in [1.82, 2.24) is 0 Å². The molecule has 1 aromatic carbocycles. The maximum atomic E-state index is 12.0. The molecule has 108 valence electrons. The molecular weight excluding hydrogens is 315 g/mol. The Morgan fingerprint density at radius 2 is 1.95 bits per heavy atom. The molecule has 0 aliphatic rings. The molecule has 0 aromatic heterocycles. The average molecular weight is 329 g/mol. The number of halogens is 1. The normalized spacial score (nSPS) is 12.9. The zero-order valence-electron chi connectivity index (χ0n) is 10.3. The summed E-state index contributed by atoms with van der Waals surface area (Å²) in [6.07, 6.45) is -1.21. The van der Waals surface area contributed by atoms with Crippen LogP contribution in [0.5, 0.6) is 0 Å². The molecule has 0 aliphatic heterocycles. The van der Waals surface area contributed by atoms with Gasteiger partial charge in [0.2, 0.25) is 0 Å². The Kier molecular flexibility index (Phi) is 5.17. The van der Waals surface area contributed by atoms with E-state index in [1.54, 1.807) is 26.0 Å². The Balaban J connectivity index is 3.25. The summed E-state index contributed by atoms with van der Waals surface area (Å²) >= 11 is 5.85. The lowest BCUT2D eigenvalue weighted by atomic mass is 10.0. The van der Waals surface area contributed by atoms with Gasteiger partial charge in [-0.15, -0.1) is 0 Å². The van der Waals surface area contributed by atoms with Crippen LogP contribution in [0.15, 0.2) is 23.1 Å². The van der Waals surface area contributed by atoms with E-state index in [0.29, 0.717) is 5.56 Å². The van der Waals surface area contributed by atoms with Crippen molar-refractivity contribution in [2.75, 3.05) is 6.35 Å². The maximum absolute atomic E-state index is 12.0. The third kappa shape index (κ3) is 4.56. The van der Waals surface area contributed by atoms with Gasteiger partial charge in [0, 0.05) is 0 Å². The van der Waals surface area contributed by atoms with E-state index in [4.69, 9.17) is 21.4 Å². The van der Waals surface area contributed by atoms with Crippen LogP contribution >= 0.6 is 19.2 Å². The third-order valence-electron chi connectivity index (χ3n) is 2.25. The average Bonchev–Trinajstić information content (AvgIpc) is 2.25. The highest BCUT2D eigenvalue weighted by Crippen LogP contribution is 2.37. The van der Waals surface area contributed by atoms with Gasteiger partial charge in [0.05, 0.1) is 5.02 Å². The molecule has 0 spiro atoms. The molecule has 0 amide bonds. The molecule has 0 fully saturated rings. The first-order valence-electron chi connectivity index (χ1n) is 5.27. The van der Waals surface area contributed by atoms with E-state index in [1.807, 2.05) is 0 Å². The number of hydrogen-bond acceptors (Lipinski definition) is 4. The molecule has 0 aliphatic carbocycles. The predicted molar refractivity (Wildman–Crippen MR) is 70.7 cm³/mol. The Morgan fingerprint density at radius 3 is 2.42 bits per heavy atom. The molecule has 1 aromatic rings. The minimum atomic E-state index is -4.58. The third-order valence-corrected chi connectivity index (χ3v) is 4.70. The highest BCUT2D eigenvalue weighted by molar-refractivity contribution is 7.87. The molecule has 0 atom stereocenters. The van der Waals surface area contributed by atoms with Gasteiger partial charge in [0.25, 0.3) is 10.1 Å². The van der Waals surface area contributed by atoms with Gasteiger partial charge in [-0.05, 0) is 17.5 Å². The largest absolute Gasteiger partial charge is 0.352 e. The van der Waals surface area contributed by atoms with Crippen molar-refractivity contribution in [2.45, 2.75) is 24.7 Å². The second kappa shape index (κ2) is 5.91. The van der Waals surface area contributed by atoms with Gasteiger partial charge in [-0.25, -0.2) is 0 Å². The van der Waals surface area contributed by atoms with E-state index in [2.05, 4.69) is 4.18 Å². The van der Waals surface area contributed by atoms with Gasteiger partial charge >= 0.3 is 7.60 Å². The fraction of sp³-hybridized carbons (Fsp3) is 0.400. The van der Waals surface area contributed by atoms with E-state index >= 15 is 0 Å². The Morgan fingerprint density at radius 1 is 1.37 bits per heavy atom. The van der Waals surface area contributed by atoms with Crippen LogP contribution in [0.25, 0.3) is 0 Å². The molecule has 0 unspecified atom stereocenters. The first-order chi connectivity index (χ1) is 8.54. The molecule has 0 saturated carbocycles. The van der Waals surface area contributed by atoms with Gasteiger partial charge < -0.3 is 9.79 Å². The van der Waals surface area contributed by atoms with E-state index in [0.717, 1.165) is 0 Å². The van der Waals surface area contributed by atoms with Crippen molar-refractivity contribution >= 4 is 29.3 Å². The SMILES string of the molecule is CC(C)c1cccc(Cl)c1S(=O)(=O)OCP(=O)(O)O. The minimum absolute atomic E-state index is 0.0445. The van der Waals surface area contributed by atoms with Crippen molar-refractivity contribution < 1.29 is 27.0 Å².